The zero-order chi connectivity index (χ0) is 25.0. The monoisotopic (exact) mass is 526 g/mol. The van der Waals surface area contributed by atoms with Gasteiger partial charge in [-0.1, -0.05) is 12.1 Å². The van der Waals surface area contributed by atoms with Crippen LogP contribution in [-0.4, -0.2) is 35.5 Å². The Labute approximate surface area is 202 Å². The van der Waals surface area contributed by atoms with E-state index in [1.807, 2.05) is 0 Å². The molecule has 0 saturated carbocycles. The third kappa shape index (κ3) is 5.41. The number of alkyl halides is 6. The summed E-state index contributed by atoms with van der Waals surface area (Å²) in [6.07, 6.45) is -11.8. The lowest BCUT2D eigenvalue weighted by Gasteiger charge is -2.28. The molecule has 2 fully saturated rings. The highest BCUT2D eigenvalue weighted by Crippen LogP contribution is 2.44. The summed E-state index contributed by atoms with van der Waals surface area (Å²) in [6.45, 7) is 1.41. The molecule has 0 radical (unpaired) electrons. The van der Waals surface area contributed by atoms with E-state index in [0.29, 0.717) is 17.7 Å². The summed E-state index contributed by atoms with van der Waals surface area (Å²) in [5.74, 6) is -1.24. The molecular formula is C23H22ClF7N2O2. The van der Waals surface area contributed by atoms with Crippen LogP contribution in [0.2, 0.25) is 0 Å². The van der Waals surface area contributed by atoms with Gasteiger partial charge in [-0.05, 0) is 48.4 Å². The van der Waals surface area contributed by atoms with Gasteiger partial charge in [0.1, 0.15) is 5.82 Å². The second kappa shape index (κ2) is 9.59. The first-order valence-electron chi connectivity index (χ1n) is 10.5. The van der Waals surface area contributed by atoms with Gasteiger partial charge in [0.05, 0.1) is 29.4 Å². The minimum Gasteiger partial charge on any atom is -0.368 e. The maximum atomic E-state index is 13.5. The summed E-state index contributed by atoms with van der Waals surface area (Å²) in [7, 11) is 0. The van der Waals surface area contributed by atoms with Crippen molar-refractivity contribution in [1.82, 2.24) is 4.90 Å². The predicted molar refractivity (Wildman–Crippen MR) is 114 cm³/mol. The van der Waals surface area contributed by atoms with Crippen LogP contribution < -0.4 is 5.73 Å². The number of fused-ring (bicyclic) bond motifs is 1. The Hall–Kier alpha value is -2.37. The van der Waals surface area contributed by atoms with Crippen LogP contribution in [0.1, 0.15) is 47.6 Å². The number of nitrogens with two attached hydrogens (primary N) is 1. The third-order valence-electron chi connectivity index (χ3n) is 6.39. The number of carbonyl (C=O) groups excluding carboxylic acids is 1. The molecule has 4 nitrogen and oxygen atoms in total. The molecule has 2 aliphatic rings. The fourth-order valence-electron chi connectivity index (χ4n) is 4.83. The lowest BCUT2D eigenvalue weighted by molar-refractivity contribution is -0.143. The van der Waals surface area contributed by atoms with Gasteiger partial charge in [0, 0.05) is 24.9 Å². The molecule has 1 amide bonds. The largest absolute Gasteiger partial charge is 0.416 e. The van der Waals surface area contributed by atoms with Gasteiger partial charge in [0.2, 0.25) is 5.91 Å². The van der Waals surface area contributed by atoms with Gasteiger partial charge in [-0.3, -0.25) is 4.79 Å². The number of hydrogen-bond donors (Lipinski definition) is 1. The van der Waals surface area contributed by atoms with Gasteiger partial charge in [0.15, 0.2) is 0 Å². The summed E-state index contributed by atoms with van der Waals surface area (Å²) in [6, 6.07) is 5.74. The summed E-state index contributed by atoms with van der Waals surface area (Å²) >= 11 is 0. The molecule has 5 atom stereocenters. The molecule has 0 aliphatic carbocycles. The highest BCUT2D eigenvalue weighted by atomic mass is 35.5. The van der Waals surface area contributed by atoms with Crippen LogP contribution >= 0.6 is 12.4 Å². The Bertz CT molecular complexity index is 1040. The van der Waals surface area contributed by atoms with Crippen LogP contribution in [0.25, 0.3) is 0 Å². The molecule has 0 spiro atoms. The van der Waals surface area contributed by atoms with Gasteiger partial charge >= 0.3 is 12.4 Å². The second-order valence-electron chi connectivity index (χ2n) is 8.64. The van der Waals surface area contributed by atoms with Crippen molar-refractivity contribution in [3.05, 3.63) is 70.5 Å². The minimum absolute atomic E-state index is 0. The second-order valence-corrected chi connectivity index (χ2v) is 8.64. The molecule has 2 N–H and O–H groups in total. The zero-order valence-electron chi connectivity index (χ0n) is 18.2. The molecule has 2 saturated heterocycles. The van der Waals surface area contributed by atoms with E-state index >= 15 is 0 Å². The highest BCUT2D eigenvalue weighted by Gasteiger charge is 2.52. The fourth-order valence-corrected chi connectivity index (χ4v) is 4.83. The van der Waals surface area contributed by atoms with Crippen molar-refractivity contribution in [2.24, 2.45) is 5.73 Å². The molecule has 35 heavy (non-hydrogen) atoms. The lowest BCUT2D eigenvalue weighted by Crippen LogP contribution is -2.39. The number of ether oxygens (including phenoxy) is 1. The molecule has 192 valence electrons. The maximum Gasteiger partial charge on any atom is 0.416 e. The van der Waals surface area contributed by atoms with Crippen molar-refractivity contribution in [1.29, 1.82) is 0 Å². The molecular weight excluding hydrogens is 505 g/mol. The summed E-state index contributed by atoms with van der Waals surface area (Å²) in [5.41, 5.74) is 3.59. The molecule has 2 aromatic carbocycles. The zero-order valence-corrected chi connectivity index (χ0v) is 19.1. The van der Waals surface area contributed by atoms with Crippen molar-refractivity contribution < 1.29 is 40.3 Å². The van der Waals surface area contributed by atoms with Crippen molar-refractivity contribution in [2.45, 2.75) is 55.9 Å². The van der Waals surface area contributed by atoms with Gasteiger partial charge in [-0.25, -0.2) is 4.39 Å². The predicted octanol–water partition coefficient (Wildman–Crippen LogP) is 5.46. The van der Waals surface area contributed by atoms with Crippen molar-refractivity contribution in [3.8, 4) is 0 Å². The number of rotatable bonds is 4. The Morgan fingerprint density at radius 3 is 2.06 bits per heavy atom. The van der Waals surface area contributed by atoms with Gasteiger partial charge < -0.3 is 15.4 Å². The van der Waals surface area contributed by atoms with E-state index in [9.17, 15) is 35.5 Å². The Morgan fingerprint density at radius 1 is 1.00 bits per heavy atom. The molecule has 0 bridgehead atoms. The first-order valence-corrected chi connectivity index (χ1v) is 10.5. The Morgan fingerprint density at radius 2 is 1.54 bits per heavy atom. The van der Waals surface area contributed by atoms with Gasteiger partial charge in [-0.15, -0.1) is 12.4 Å². The average molecular weight is 527 g/mol. The smallest absolute Gasteiger partial charge is 0.368 e. The van der Waals surface area contributed by atoms with E-state index in [2.05, 4.69) is 0 Å². The van der Waals surface area contributed by atoms with E-state index in [4.69, 9.17) is 10.5 Å². The molecule has 2 aromatic rings. The Kier molecular flexibility index (Phi) is 7.46. The number of hydrogen-bond acceptors (Lipinski definition) is 3. The summed E-state index contributed by atoms with van der Waals surface area (Å²) in [4.78, 5) is 13.9. The minimum atomic E-state index is -4.98. The molecule has 2 heterocycles. The molecule has 12 heteroatoms. The lowest BCUT2D eigenvalue weighted by atomic mass is 9.86. The topological polar surface area (TPSA) is 55.6 Å². The van der Waals surface area contributed by atoms with E-state index in [1.54, 1.807) is 0 Å². The van der Waals surface area contributed by atoms with Crippen molar-refractivity contribution >= 4 is 18.3 Å². The van der Waals surface area contributed by atoms with Crippen LogP contribution in [0.15, 0.2) is 42.5 Å². The first-order chi connectivity index (χ1) is 15.8. The van der Waals surface area contributed by atoms with Crippen LogP contribution in [0.3, 0.4) is 0 Å². The number of benzene rings is 2. The SMILES string of the molecule is C[C@@H](OC1CN2C(=O)CC(N)C2C1c1ccc(F)cc1)c1cc(C(F)(F)F)cc(C(F)(F)F)c1.Cl. The number of carbonyl (C=O) groups is 1. The Balaban J connectivity index is 0.00000342. The number of halogens is 8. The molecule has 4 rings (SSSR count). The summed E-state index contributed by atoms with van der Waals surface area (Å²) < 4.78 is 99.1. The number of nitrogens with zero attached hydrogens (tertiary/aromatic N) is 1. The van der Waals surface area contributed by atoms with Gasteiger partial charge in [-0.2, -0.15) is 26.3 Å². The van der Waals surface area contributed by atoms with E-state index < -0.39 is 59.5 Å². The highest BCUT2D eigenvalue weighted by molar-refractivity contribution is 5.85. The standard InChI is InChI=1S/C23H21F7N2O2.ClH/c1-11(13-6-14(22(25,26)27)8-15(7-13)23(28,29)30)34-18-10-32-19(33)9-17(31)21(32)20(18)12-2-4-16(24)5-3-12;/h2-8,11,17-18,20-21H,9-10,31H2,1H3;1H/t11-,17?,18?,20?,21?;/m1./s1. The quantitative estimate of drug-likeness (QED) is 0.539. The average Bonchev–Trinajstić information content (AvgIpc) is 3.24. The van der Waals surface area contributed by atoms with Crippen LogP contribution in [0, 0.1) is 5.82 Å². The van der Waals surface area contributed by atoms with Crippen molar-refractivity contribution in [2.75, 3.05) is 6.54 Å². The van der Waals surface area contributed by atoms with E-state index in [0.717, 1.165) is 0 Å². The van der Waals surface area contributed by atoms with Crippen LogP contribution in [0.5, 0.6) is 0 Å². The number of amides is 1. The third-order valence-corrected chi connectivity index (χ3v) is 6.39. The summed E-state index contributed by atoms with van der Waals surface area (Å²) in [5, 5.41) is 0. The maximum absolute atomic E-state index is 13.5. The fraction of sp³-hybridized carbons (Fsp3) is 0.435. The van der Waals surface area contributed by atoms with E-state index in [1.165, 1.54) is 36.1 Å². The molecule has 4 unspecified atom stereocenters. The van der Waals surface area contributed by atoms with Gasteiger partial charge in [0.25, 0.3) is 0 Å². The van der Waals surface area contributed by atoms with E-state index in [-0.39, 0.29) is 42.9 Å². The van der Waals surface area contributed by atoms with Crippen LogP contribution in [-0.2, 0) is 21.9 Å². The normalized spacial score (nSPS) is 25.4. The molecule has 2 aliphatic heterocycles. The van der Waals surface area contributed by atoms with Crippen LogP contribution in [0.4, 0.5) is 30.7 Å². The molecule has 0 aromatic heterocycles. The van der Waals surface area contributed by atoms with Crippen molar-refractivity contribution in [3.63, 3.8) is 0 Å². The first kappa shape index (κ1) is 27.2.